The molecule has 1 atom stereocenters. The monoisotopic (exact) mass is 436 g/mol. The lowest BCUT2D eigenvalue weighted by Crippen LogP contribution is -2.41. The Kier molecular flexibility index (Phi) is 9.35. The smallest absolute Gasteiger partial charge is 0.193 e. The Labute approximate surface area is 156 Å². The number of guanidine groups is 1. The highest BCUT2D eigenvalue weighted by Gasteiger charge is 2.20. The fourth-order valence-corrected chi connectivity index (χ4v) is 3.41. The van der Waals surface area contributed by atoms with Gasteiger partial charge in [0.2, 0.25) is 0 Å². The van der Waals surface area contributed by atoms with Crippen LogP contribution in [0.1, 0.15) is 24.6 Å². The molecule has 0 saturated carbocycles. The second-order valence-electron chi connectivity index (χ2n) is 5.72. The van der Waals surface area contributed by atoms with Gasteiger partial charge in [-0.15, -0.1) is 35.3 Å². The summed E-state index contributed by atoms with van der Waals surface area (Å²) in [5, 5.41) is 5.56. The second kappa shape index (κ2) is 10.4. The van der Waals surface area contributed by atoms with Gasteiger partial charge < -0.3 is 15.1 Å². The molecule has 0 bridgehead atoms. The van der Waals surface area contributed by atoms with Crippen LogP contribution in [0.15, 0.2) is 22.5 Å². The molecule has 126 valence electrons. The van der Waals surface area contributed by atoms with Crippen molar-refractivity contribution in [1.82, 2.24) is 15.1 Å². The molecular formula is C16H29IN4S. The van der Waals surface area contributed by atoms with Crippen LogP contribution in [-0.2, 0) is 6.42 Å². The van der Waals surface area contributed by atoms with Crippen LogP contribution >= 0.6 is 35.3 Å². The van der Waals surface area contributed by atoms with E-state index in [1.807, 2.05) is 11.3 Å². The Bertz CT molecular complexity index is 435. The number of nitrogens with one attached hydrogen (secondary N) is 1. The molecule has 1 N–H and O–H groups in total. The highest BCUT2D eigenvalue weighted by atomic mass is 127. The van der Waals surface area contributed by atoms with Crippen LogP contribution in [0.4, 0.5) is 0 Å². The lowest BCUT2D eigenvalue weighted by atomic mass is 10.2. The van der Waals surface area contributed by atoms with Crippen LogP contribution in [0.25, 0.3) is 0 Å². The first-order chi connectivity index (χ1) is 10.2. The molecule has 2 heterocycles. The minimum atomic E-state index is 0. The van der Waals surface area contributed by atoms with Crippen molar-refractivity contribution in [1.29, 1.82) is 0 Å². The molecule has 0 amide bonds. The third kappa shape index (κ3) is 6.04. The average Bonchev–Trinajstić information content (AvgIpc) is 3.12. The van der Waals surface area contributed by atoms with Gasteiger partial charge in [-0.3, -0.25) is 4.99 Å². The standard InChI is InChI=1S/C16H28N4S.HI/c1-4-17-16(18-13-14-7-5-10-19(14)2)20(3)11-9-15-8-6-12-21-15;/h6,8,12,14H,4-5,7,9-11,13H2,1-3H3,(H,17,18);1H. The topological polar surface area (TPSA) is 30.9 Å². The molecule has 1 aliphatic heterocycles. The molecule has 1 unspecified atom stereocenters. The van der Waals surface area contributed by atoms with Crippen LogP contribution in [0.3, 0.4) is 0 Å². The van der Waals surface area contributed by atoms with Gasteiger partial charge in [0.05, 0.1) is 6.54 Å². The predicted molar refractivity (Wildman–Crippen MR) is 108 cm³/mol. The quantitative estimate of drug-likeness (QED) is 0.423. The lowest BCUT2D eigenvalue weighted by molar-refractivity contribution is 0.316. The third-order valence-electron chi connectivity index (χ3n) is 4.09. The molecule has 0 spiro atoms. The number of nitrogens with zero attached hydrogens (tertiary/aromatic N) is 3. The molecule has 0 aliphatic carbocycles. The molecule has 0 radical (unpaired) electrons. The summed E-state index contributed by atoms with van der Waals surface area (Å²) in [4.78, 5) is 11.0. The van der Waals surface area contributed by atoms with Crippen molar-refractivity contribution >= 4 is 41.3 Å². The van der Waals surface area contributed by atoms with Crippen LogP contribution < -0.4 is 5.32 Å². The maximum atomic E-state index is 4.84. The molecule has 1 aromatic heterocycles. The van der Waals surface area contributed by atoms with Gasteiger partial charge in [0.15, 0.2) is 5.96 Å². The summed E-state index contributed by atoms with van der Waals surface area (Å²) in [6, 6.07) is 4.94. The van der Waals surface area contributed by atoms with Gasteiger partial charge in [-0.1, -0.05) is 6.07 Å². The number of thiophene rings is 1. The third-order valence-corrected chi connectivity index (χ3v) is 5.03. The van der Waals surface area contributed by atoms with Crippen molar-refractivity contribution in [3.05, 3.63) is 22.4 Å². The Hall–Kier alpha value is -0.340. The van der Waals surface area contributed by atoms with Gasteiger partial charge in [-0.2, -0.15) is 0 Å². The zero-order valence-corrected chi connectivity index (χ0v) is 17.1. The highest BCUT2D eigenvalue weighted by molar-refractivity contribution is 14.0. The van der Waals surface area contributed by atoms with E-state index >= 15 is 0 Å². The summed E-state index contributed by atoms with van der Waals surface area (Å²) in [7, 11) is 4.34. The molecule has 1 saturated heterocycles. The number of likely N-dealkylation sites (tertiary alicyclic amines) is 1. The summed E-state index contributed by atoms with van der Waals surface area (Å²) in [5.41, 5.74) is 0. The van der Waals surface area contributed by atoms with Gasteiger partial charge in [-0.25, -0.2) is 0 Å². The average molecular weight is 436 g/mol. The molecule has 1 aliphatic rings. The molecule has 6 heteroatoms. The molecule has 1 aromatic rings. The number of likely N-dealkylation sites (N-methyl/N-ethyl adjacent to an activating group) is 2. The van der Waals surface area contributed by atoms with Crippen molar-refractivity contribution in [3.8, 4) is 0 Å². The van der Waals surface area contributed by atoms with Gasteiger partial charge in [-0.05, 0) is 51.2 Å². The summed E-state index contributed by atoms with van der Waals surface area (Å²) in [6.07, 6.45) is 3.67. The maximum absolute atomic E-state index is 4.84. The lowest BCUT2D eigenvalue weighted by Gasteiger charge is -2.23. The predicted octanol–water partition coefficient (Wildman–Crippen LogP) is 2.90. The van der Waals surface area contributed by atoms with E-state index in [1.165, 1.54) is 24.3 Å². The molecule has 2 rings (SSSR count). The number of rotatable bonds is 6. The van der Waals surface area contributed by atoms with E-state index < -0.39 is 0 Å². The zero-order chi connectivity index (χ0) is 15.1. The van der Waals surface area contributed by atoms with Gasteiger partial charge in [0.25, 0.3) is 0 Å². The largest absolute Gasteiger partial charge is 0.357 e. The van der Waals surface area contributed by atoms with Crippen molar-refractivity contribution in [2.75, 3.05) is 40.3 Å². The van der Waals surface area contributed by atoms with Crippen LogP contribution in [0.5, 0.6) is 0 Å². The molecule has 22 heavy (non-hydrogen) atoms. The number of hydrogen-bond acceptors (Lipinski definition) is 3. The molecule has 0 aromatic carbocycles. The molecular weight excluding hydrogens is 407 g/mol. The molecule has 1 fully saturated rings. The highest BCUT2D eigenvalue weighted by Crippen LogP contribution is 2.15. The first-order valence-corrected chi connectivity index (χ1v) is 8.80. The second-order valence-corrected chi connectivity index (χ2v) is 6.75. The van der Waals surface area contributed by atoms with Gasteiger partial charge >= 0.3 is 0 Å². The molecule has 4 nitrogen and oxygen atoms in total. The summed E-state index contributed by atoms with van der Waals surface area (Å²) < 4.78 is 0. The fourth-order valence-electron chi connectivity index (χ4n) is 2.71. The van der Waals surface area contributed by atoms with E-state index in [0.717, 1.165) is 32.0 Å². The van der Waals surface area contributed by atoms with Crippen LogP contribution in [0.2, 0.25) is 0 Å². The van der Waals surface area contributed by atoms with E-state index in [9.17, 15) is 0 Å². The maximum Gasteiger partial charge on any atom is 0.193 e. The van der Waals surface area contributed by atoms with E-state index in [-0.39, 0.29) is 24.0 Å². The van der Waals surface area contributed by atoms with Crippen molar-refractivity contribution < 1.29 is 0 Å². The van der Waals surface area contributed by atoms with E-state index in [1.54, 1.807) is 0 Å². The summed E-state index contributed by atoms with van der Waals surface area (Å²) in [5.74, 6) is 1.04. The van der Waals surface area contributed by atoms with E-state index in [4.69, 9.17) is 4.99 Å². The number of halogens is 1. The minimum Gasteiger partial charge on any atom is -0.357 e. The number of aliphatic imine (C=N–C) groups is 1. The van der Waals surface area contributed by atoms with Crippen molar-refractivity contribution in [2.24, 2.45) is 4.99 Å². The van der Waals surface area contributed by atoms with Crippen LogP contribution in [-0.4, -0.2) is 62.1 Å². The SMILES string of the molecule is CCNC(=NCC1CCCN1C)N(C)CCc1cccs1.I. The number of hydrogen-bond donors (Lipinski definition) is 1. The van der Waals surface area contributed by atoms with Gasteiger partial charge in [0.1, 0.15) is 0 Å². The van der Waals surface area contributed by atoms with Gasteiger partial charge in [0, 0.05) is 31.1 Å². The Morgan fingerprint density at radius 1 is 1.55 bits per heavy atom. The minimum absolute atomic E-state index is 0. The van der Waals surface area contributed by atoms with Crippen LogP contribution in [0, 0.1) is 0 Å². The van der Waals surface area contributed by atoms with E-state index in [0.29, 0.717) is 6.04 Å². The van der Waals surface area contributed by atoms with Crippen molar-refractivity contribution in [3.63, 3.8) is 0 Å². The normalized spacial score (nSPS) is 19.0. The summed E-state index contributed by atoms with van der Waals surface area (Å²) in [6.45, 7) is 6.17. The first kappa shape index (κ1) is 19.7. The van der Waals surface area contributed by atoms with Crippen molar-refractivity contribution in [2.45, 2.75) is 32.2 Å². The zero-order valence-electron chi connectivity index (χ0n) is 13.9. The Morgan fingerprint density at radius 2 is 2.36 bits per heavy atom. The Morgan fingerprint density at radius 3 is 2.95 bits per heavy atom. The fraction of sp³-hybridized carbons (Fsp3) is 0.688. The summed E-state index contributed by atoms with van der Waals surface area (Å²) >= 11 is 1.83. The first-order valence-electron chi connectivity index (χ1n) is 7.92. The van der Waals surface area contributed by atoms with E-state index in [2.05, 4.69) is 53.6 Å². The Balaban J connectivity index is 0.00000242.